The molecule has 0 aliphatic carbocycles. The molecule has 0 aliphatic rings. The molecule has 0 saturated heterocycles. The number of nitrogens with zero attached hydrogens (tertiary/aromatic N) is 1. The number of aryl methyl sites for hydroxylation is 1. The fourth-order valence-electron chi connectivity index (χ4n) is 2.43. The van der Waals surface area contributed by atoms with Crippen LogP contribution in [0.5, 0.6) is 0 Å². The molecule has 3 nitrogen and oxygen atoms in total. The summed E-state index contributed by atoms with van der Waals surface area (Å²) in [5, 5.41) is 5.69. The lowest BCUT2D eigenvalue weighted by molar-refractivity contribution is 0.0959. The number of rotatable bonds is 5. The van der Waals surface area contributed by atoms with E-state index >= 15 is 0 Å². The highest BCUT2D eigenvalue weighted by molar-refractivity contribution is 7.21. The van der Waals surface area contributed by atoms with Gasteiger partial charge in [-0.25, -0.2) is 5.43 Å². The summed E-state index contributed by atoms with van der Waals surface area (Å²) in [6.07, 6.45) is 1.68. The second-order valence-corrected chi connectivity index (χ2v) is 8.74. The number of benzene rings is 1. The maximum atomic E-state index is 12.6. The fraction of sp³-hybridized carbons (Fsp3) is 0.222. The van der Waals surface area contributed by atoms with Crippen LogP contribution >= 0.6 is 45.9 Å². The van der Waals surface area contributed by atoms with Crippen LogP contribution in [0.4, 0.5) is 0 Å². The molecule has 1 amide bonds. The Morgan fingerprint density at radius 2 is 2.00 bits per heavy atom. The molecule has 3 rings (SSSR count). The molecule has 0 bridgehead atoms. The first-order chi connectivity index (χ1) is 12.0. The zero-order chi connectivity index (χ0) is 18.0. The maximum Gasteiger partial charge on any atom is 0.283 e. The van der Waals surface area contributed by atoms with E-state index in [2.05, 4.69) is 17.5 Å². The molecule has 1 aromatic carbocycles. The predicted octanol–water partition coefficient (Wildman–Crippen LogP) is 6.51. The van der Waals surface area contributed by atoms with Crippen molar-refractivity contribution in [2.45, 2.75) is 26.7 Å². The zero-order valence-electron chi connectivity index (χ0n) is 13.7. The van der Waals surface area contributed by atoms with E-state index in [1.54, 1.807) is 0 Å². The molecule has 25 heavy (non-hydrogen) atoms. The Balaban J connectivity index is 1.87. The minimum atomic E-state index is -0.292. The monoisotopic (exact) mass is 410 g/mol. The minimum absolute atomic E-state index is 0.292. The van der Waals surface area contributed by atoms with E-state index in [1.165, 1.54) is 22.7 Å². The Kier molecular flexibility index (Phi) is 5.79. The molecule has 130 valence electrons. The van der Waals surface area contributed by atoms with Crippen molar-refractivity contribution in [1.82, 2.24) is 5.43 Å². The summed E-state index contributed by atoms with van der Waals surface area (Å²) in [6, 6.07) is 9.71. The number of hydrazone groups is 1. The number of hydrogen-bond acceptors (Lipinski definition) is 4. The molecule has 0 unspecified atom stereocenters. The highest BCUT2D eigenvalue weighted by atomic mass is 35.5. The van der Waals surface area contributed by atoms with Crippen LogP contribution in [0.1, 0.15) is 39.9 Å². The largest absolute Gasteiger partial charge is 0.283 e. The summed E-state index contributed by atoms with van der Waals surface area (Å²) < 4.78 is 1.70. The van der Waals surface area contributed by atoms with Crippen molar-refractivity contribution in [2.75, 3.05) is 0 Å². The van der Waals surface area contributed by atoms with Crippen LogP contribution < -0.4 is 5.43 Å². The molecule has 7 heteroatoms. The van der Waals surface area contributed by atoms with Crippen LogP contribution in [0.15, 0.2) is 35.4 Å². The molecule has 0 atom stereocenters. The third-order valence-electron chi connectivity index (χ3n) is 3.63. The van der Waals surface area contributed by atoms with Crippen molar-refractivity contribution in [3.63, 3.8) is 0 Å². The van der Waals surface area contributed by atoms with E-state index in [0.717, 1.165) is 39.1 Å². The van der Waals surface area contributed by atoms with Gasteiger partial charge in [0.15, 0.2) is 0 Å². The van der Waals surface area contributed by atoms with Gasteiger partial charge >= 0.3 is 0 Å². The number of halogens is 2. The van der Waals surface area contributed by atoms with Gasteiger partial charge < -0.3 is 0 Å². The summed E-state index contributed by atoms with van der Waals surface area (Å²) in [7, 11) is 0. The summed E-state index contributed by atoms with van der Waals surface area (Å²) in [6.45, 7) is 4.08. The lowest BCUT2D eigenvalue weighted by Gasteiger charge is -2.03. The summed E-state index contributed by atoms with van der Waals surface area (Å²) in [5.74, 6) is -0.292. The summed E-state index contributed by atoms with van der Waals surface area (Å²) in [5.41, 5.74) is 4.60. The van der Waals surface area contributed by atoms with Gasteiger partial charge in [0.2, 0.25) is 0 Å². The Bertz CT molecular complexity index is 959. The molecule has 1 N–H and O–H groups in total. The average molecular weight is 411 g/mol. The van der Waals surface area contributed by atoms with Crippen LogP contribution in [0.25, 0.3) is 10.1 Å². The average Bonchev–Trinajstić information content (AvgIpc) is 3.15. The lowest BCUT2D eigenvalue weighted by Crippen LogP contribution is -2.19. The van der Waals surface area contributed by atoms with E-state index in [4.69, 9.17) is 23.2 Å². The number of nitrogens with one attached hydrogen (secondary N) is 1. The van der Waals surface area contributed by atoms with Crippen LogP contribution in [-0.4, -0.2) is 11.6 Å². The highest BCUT2D eigenvalue weighted by Crippen LogP contribution is 2.35. The predicted molar refractivity (Wildman–Crippen MR) is 110 cm³/mol. The van der Waals surface area contributed by atoms with Gasteiger partial charge in [-0.2, -0.15) is 5.10 Å². The van der Waals surface area contributed by atoms with Crippen molar-refractivity contribution in [3.8, 4) is 0 Å². The molecule has 2 heterocycles. The first kappa shape index (κ1) is 18.4. The molecule has 2 aromatic heterocycles. The van der Waals surface area contributed by atoms with E-state index in [1.807, 2.05) is 37.3 Å². The second kappa shape index (κ2) is 7.87. The van der Waals surface area contributed by atoms with Crippen LogP contribution in [0, 0.1) is 6.92 Å². The zero-order valence-corrected chi connectivity index (χ0v) is 16.9. The normalized spacial score (nSPS) is 11.9. The molecule has 0 fully saturated rings. The van der Waals surface area contributed by atoms with Gasteiger partial charge in [0.25, 0.3) is 5.91 Å². The van der Waals surface area contributed by atoms with Gasteiger partial charge in [0.05, 0.1) is 19.9 Å². The van der Waals surface area contributed by atoms with E-state index < -0.39 is 0 Å². The molecule has 0 saturated carbocycles. The van der Waals surface area contributed by atoms with Crippen molar-refractivity contribution < 1.29 is 4.79 Å². The van der Waals surface area contributed by atoms with Crippen molar-refractivity contribution in [1.29, 1.82) is 0 Å². The maximum absolute atomic E-state index is 12.6. The van der Waals surface area contributed by atoms with Crippen LogP contribution in [0.3, 0.4) is 0 Å². The van der Waals surface area contributed by atoms with Crippen molar-refractivity contribution in [2.24, 2.45) is 5.10 Å². The number of thiophene rings is 2. The third-order valence-corrected chi connectivity index (χ3v) is 6.56. The van der Waals surface area contributed by atoms with Crippen LogP contribution in [0.2, 0.25) is 9.36 Å². The van der Waals surface area contributed by atoms with Gasteiger partial charge in [0.1, 0.15) is 4.88 Å². The van der Waals surface area contributed by atoms with Gasteiger partial charge in [-0.1, -0.05) is 48.7 Å². The lowest BCUT2D eigenvalue weighted by atomic mass is 10.2. The number of carbonyl (C=O) groups excluding carboxylic acids is 1. The standard InChI is InChI=1S/C18H16Cl2N2OS2/c1-3-4-12(13-7-8-15(19)24-13)21-22-18(23)17-16(20)11-6-5-10(2)9-14(11)25-17/h5-9H,3-4H2,1-2H3,(H,22,23). The van der Waals surface area contributed by atoms with E-state index in [9.17, 15) is 4.79 Å². The topological polar surface area (TPSA) is 41.5 Å². The van der Waals surface area contributed by atoms with E-state index in [0.29, 0.717) is 14.2 Å². The molecular weight excluding hydrogens is 395 g/mol. The van der Waals surface area contributed by atoms with Crippen molar-refractivity contribution >= 4 is 67.6 Å². The molecule has 0 radical (unpaired) electrons. The van der Waals surface area contributed by atoms with Crippen LogP contribution in [-0.2, 0) is 0 Å². The number of carbonyl (C=O) groups is 1. The Morgan fingerprint density at radius 3 is 2.68 bits per heavy atom. The number of amides is 1. The molecule has 0 spiro atoms. The first-order valence-corrected chi connectivity index (χ1v) is 10.2. The van der Waals surface area contributed by atoms with Gasteiger partial charge in [0, 0.05) is 10.1 Å². The Morgan fingerprint density at radius 1 is 1.20 bits per heavy atom. The second-order valence-electron chi connectivity index (χ2n) is 5.60. The SMILES string of the molecule is CCCC(=NNC(=O)c1sc2cc(C)ccc2c1Cl)c1ccc(Cl)s1. The minimum Gasteiger partial charge on any atom is -0.266 e. The summed E-state index contributed by atoms with van der Waals surface area (Å²) >= 11 is 15.2. The van der Waals surface area contributed by atoms with E-state index in [-0.39, 0.29) is 5.91 Å². The van der Waals surface area contributed by atoms with Crippen molar-refractivity contribution in [3.05, 3.63) is 55.0 Å². The Hall–Kier alpha value is -1.40. The molecule has 3 aromatic rings. The summed E-state index contributed by atoms with van der Waals surface area (Å²) in [4.78, 5) is 14.0. The molecule has 0 aliphatic heterocycles. The van der Waals surface area contributed by atoms with Gasteiger partial charge in [-0.05, 0) is 37.1 Å². The van der Waals surface area contributed by atoms with Gasteiger partial charge in [-0.3, -0.25) is 4.79 Å². The molecular formula is C18H16Cl2N2OS2. The Labute approximate surface area is 164 Å². The third kappa shape index (κ3) is 4.06. The smallest absolute Gasteiger partial charge is 0.266 e. The first-order valence-electron chi connectivity index (χ1n) is 7.81. The quantitative estimate of drug-likeness (QED) is 0.377. The highest BCUT2D eigenvalue weighted by Gasteiger charge is 2.17. The fourth-order valence-corrected chi connectivity index (χ4v) is 4.99. The number of fused-ring (bicyclic) bond motifs is 1. The number of hydrogen-bond donors (Lipinski definition) is 1. The van der Waals surface area contributed by atoms with Gasteiger partial charge in [-0.15, -0.1) is 22.7 Å².